The Balaban J connectivity index is 1.94. The fourth-order valence-electron chi connectivity index (χ4n) is 3.10. The minimum absolute atomic E-state index is 0.325. The first-order valence-corrected chi connectivity index (χ1v) is 7.26. The Kier molecular flexibility index (Phi) is 2.52. The highest BCUT2D eigenvalue weighted by atomic mass is 16.3. The van der Waals surface area contributed by atoms with Crippen LogP contribution in [0, 0.1) is 6.92 Å². The topological polar surface area (TPSA) is 19.6 Å². The lowest BCUT2D eigenvalue weighted by Gasteiger charge is -2.28. The van der Waals surface area contributed by atoms with E-state index in [1.165, 1.54) is 22.0 Å². The summed E-state index contributed by atoms with van der Waals surface area (Å²) in [4.78, 5) is 4.48. The summed E-state index contributed by atoms with van der Waals surface area (Å²) in [5.74, 6) is 0. The smallest absolute Gasteiger partial charge is 0.140 e. The number of hydrogen-bond donors (Lipinski definition) is 0. The number of nitrogens with zero attached hydrogens (tertiary/aromatic N) is 2. The van der Waals surface area contributed by atoms with E-state index in [4.69, 9.17) is 4.42 Å². The van der Waals surface area contributed by atoms with Crippen LogP contribution >= 0.6 is 0 Å². The predicted octanol–water partition coefficient (Wildman–Crippen LogP) is 4.46. The number of rotatable bonds is 1. The molecule has 0 amide bonds. The van der Waals surface area contributed by atoms with Crippen molar-refractivity contribution in [3.63, 3.8) is 0 Å². The fraction of sp³-hybridized carbons (Fsp3) is 0.222. The van der Waals surface area contributed by atoms with Crippen molar-refractivity contribution in [2.24, 2.45) is 0 Å². The van der Waals surface area contributed by atoms with Crippen LogP contribution in [0.3, 0.4) is 0 Å². The minimum Gasteiger partial charge on any atom is -0.456 e. The van der Waals surface area contributed by atoms with Crippen LogP contribution in [0.15, 0.2) is 53.2 Å². The first-order valence-electron chi connectivity index (χ1n) is 7.26. The number of aryl methyl sites for hydroxylation is 1. The largest absolute Gasteiger partial charge is 0.456 e. The zero-order chi connectivity index (χ0) is 14.6. The highest BCUT2D eigenvalue weighted by Gasteiger charge is 2.23. The molecule has 0 bridgehead atoms. The van der Waals surface area contributed by atoms with Gasteiger partial charge in [0.2, 0.25) is 0 Å². The summed E-state index contributed by atoms with van der Waals surface area (Å²) in [6, 6.07) is 12.6. The summed E-state index contributed by atoms with van der Waals surface area (Å²) in [7, 11) is 2.09. The third kappa shape index (κ3) is 1.67. The second-order valence-electron chi connectivity index (χ2n) is 5.69. The molecule has 0 radical (unpaired) electrons. The van der Waals surface area contributed by atoms with Gasteiger partial charge in [-0.3, -0.25) is 0 Å². The maximum atomic E-state index is 6.08. The molecule has 4 rings (SSSR count). The van der Waals surface area contributed by atoms with E-state index in [-0.39, 0.29) is 0 Å². The molecule has 1 atom stereocenters. The lowest BCUT2D eigenvalue weighted by molar-refractivity contribution is 0.383. The van der Waals surface area contributed by atoms with Crippen LogP contribution in [0.1, 0.15) is 12.5 Å². The monoisotopic (exact) mass is 278 g/mol. The molecule has 1 aromatic heterocycles. The van der Waals surface area contributed by atoms with Gasteiger partial charge in [0.25, 0.3) is 0 Å². The highest BCUT2D eigenvalue weighted by molar-refractivity contribution is 6.07. The van der Waals surface area contributed by atoms with Crippen LogP contribution in [0.4, 0.5) is 5.69 Å². The molecule has 0 aliphatic carbocycles. The second-order valence-corrected chi connectivity index (χ2v) is 5.69. The quantitative estimate of drug-likeness (QED) is 0.655. The molecule has 0 fully saturated rings. The van der Waals surface area contributed by atoms with Gasteiger partial charge in [-0.05, 0) is 32.0 Å². The van der Waals surface area contributed by atoms with Crippen molar-refractivity contribution in [1.29, 1.82) is 0 Å². The summed E-state index contributed by atoms with van der Waals surface area (Å²) in [6.07, 6.45) is 4.56. The molecule has 2 aromatic carbocycles. The molecule has 0 unspecified atom stereocenters. The first-order chi connectivity index (χ1) is 10.2. The van der Waals surface area contributed by atoms with Crippen molar-refractivity contribution in [3.05, 3.63) is 54.4 Å². The van der Waals surface area contributed by atoms with E-state index >= 15 is 0 Å². The van der Waals surface area contributed by atoms with Crippen molar-refractivity contribution in [1.82, 2.24) is 4.90 Å². The summed E-state index contributed by atoms with van der Waals surface area (Å²) >= 11 is 0. The number of benzene rings is 2. The summed E-state index contributed by atoms with van der Waals surface area (Å²) in [5.41, 5.74) is 4.34. The van der Waals surface area contributed by atoms with Gasteiger partial charge in [-0.2, -0.15) is 0 Å². The van der Waals surface area contributed by atoms with E-state index < -0.39 is 0 Å². The van der Waals surface area contributed by atoms with Crippen LogP contribution in [-0.2, 0) is 0 Å². The third-order valence-corrected chi connectivity index (χ3v) is 4.50. The Morgan fingerprint density at radius 2 is 1.81 bits per heavy atom. The summed E-state index contributed by atoms with van der Waals surface area (Å²) in [6.45, 7) is 4.33. The van der Waals surface area contributed by atoms with Crippen LogP contribution in [-0.4, -0.2) is 18.1 Å². The van der Waals surface area contributed by atoms with Crippen LogP contribution in [0.5, 0.6) is 0 Å². The lowest BCUT2D eigenvalue weighted by atomic mass is 10.1. The molecular weight excluding hydrogens is 260 g/mol. The van der Waals surface area contributed by atoms with E-state index in [0.717, 1.165) is 11.2 Å². The Morgan fingerprint density at radius 3 is 2.57 bits per heavy atom. The molecule has 106 valence electrons. The van der Waals surface area contributed by atoms with Gasteiger partial charge in [-0.25, -0.2) is 0 Å². The van der Waals surface area contributed by atoms with Gasteiger partial charge in [0.1, 0.15) is 17.3 Å². The highest BCUT2D eigenvalue weighted by Crippen LogP contribution is 2.36. The van der Waals surface area contributed by atoms with E-state index in [1.807, 2.05) is 12.1 Å². The van der Waals surface area contributed by atoms with Crippen molar-refractivity contribution < 1.29 is 4.42 Å². The predicted molar refractivity (Wildman–Crippen MR) is 87.3 cm³/mol. The number of furan rings is 1. The minimum atomic E-state index is 0.325. The molecule has 0 N–H and O–H groups in total. The van der Waals surface area contributed by atoms with Crippen molar-refractivity contribution in [2.45, 2.75) is 20.0 Å². The lowest BCUT2D eigenvalue weighted by Crippen LogP contribution is -2.33. The number of fused-ring (bicyclic) bond motifs is 3. The SMILES string of the molecule is Cc1c(N2C=CN(C)[C@@H]2C)ccc2c1oc1ccccc12. The molecule has 21 heavy (non-hydrogen) atoms. The van der Waals surface area contributed by atoms with Crippen molar-refractivity contribution >= 4 is 27.6 Å². The van der Waals surface area contributed by atoms with Gasteiger partial charge in [-0.15, -0.1) is 0 Å². The molecule has 0 saturated heterocycles. The maximum Gasteiger partial charge on any atom is 0.140 e. The Morgan fingerprint density at radius 1 is 1.00 bits per heavy atom. The van der Waals surface area contributed by atoms with Crippen molar-refractivity contribution in [3.8, 4) is 0 Å². The molecule has 3 nitrogen and oxygen atoms in total. The number of hydrogen-bond acceptors (Lipinski definition) is 3. The molecule has 3 heteroatoms. The molecule has 1 aliphatic rings. The standard InChI is InChI=1S/C18H18N2O/c1-12-16(20-11-10-19(3)13(20)2)9-8-15-14-6-4-5-7-17(14)21-18(12)15/h4-11,13H,1-3H3/t13-/m0/s1. The van der Waals surface area contributed by atoms with Gasteiger partial charge in [0, 0.05) is 41.5 Å². The first kappa shape index (κ1) is 12.3. The normalized spacial score (nSPS) is 18.3. The molecule has 1 aliphatic heterocycles. The fourth-order valence-corrected chi connectivity index (χ4v) is 3.10. The zero-order valence-electron chi connectivity index (χ0n) is 12.5. The Hall–Kier alpha value is -2.42. The van der Waals surface area contributed by atoms with E-state index in [0.29, 0.717) is 6.17 Å². The van der Waals surface area contributed by atoms with E-state index in [2.05, 4.69) is 67.4 Å². The summed E-state index contributed by atoms with van der Waals surface area (Å²) < 4.78 is 6.08. The molecular formula is C18H18N2O. The third-order valence-electron chi connectivity index (χ3n) is 4.50. The molecule has 0 saturated carbocycles. The Bertz CT molecular complexity index is 862. The van der Waals surface area contributed by atoms with Gasteiger partial charge < -0.3 is 14.2 Å². The van der Waals surface area contributed by atoms with E-state index in [1.54, 1.807) is 0 Å². The van der Waals surface area contributed by atoms with Crippen LogP contribution in [0.2, 0.25) is 0 Å². The Labute approximate surface area is 124 Å². The number of para-hydroxylation sites is 1. The summed E-state index contributed by atoms with van der Waals surface area (Å²) in [5, 5.41) is 2.38. The van der Waals surface area contributed by atoms with E-state index in [9.17, 15) is 0 Å². The number of anilines is 1. The average Bonchev–Trinajstić information content (AvgIpc) is 3.03. The second kappa shape index (κ2) is 4.29. The average molecular weight is 278 g/mol. The van der Waals surface area contributed by atoms with Crippen molar-refractivity contribution in [2.75, 3.05) is 11.9 Å². The zero-order valence-corrected chi connectivity index (χ0v) is 12.5. The van der Waals surface area contributed by atoms with Crippen LogP contribution < -0.4 is 4.90 Å². The maximum absolute atomic E-state index is 6.08. The van der Waals surface area contributed by atoms with Gasteiger partial charge >= 0.3 is 0 Å². The molecule has 2 heterocycles. The molecule has 3 aromatic rings. The van der Waals surface area contributed by atoms with Gasteiger partial charge in [-0.1, -0.05) is 18.2 Å². The van der Waals surface area contributed by atoms with Crippen LogP contribution in [0.25, 0.3) is 21.9 Å². The van der Waals surface area contributed by atoms with Gasteiger partial charge in [0.05, 0.1) is 0 Å². The van der Waals surface area contributed by atoms with Gasteiger partial charge in [0.15, 0.2) is 0 Å². The molecule has 0 spiro atoms.